The molecule has 1 saturated heterocycles. The standard InChI is InChI=1S/C27H32ClN3O5/c1-2-35-27(33)31-10-9-22-23-15-19(28)5-8-24(23)29-25(22)26(31)18-3-6-21(7-4-18)36-17-20(32)16-30-11-13-34-14-12-30/h3-8,15,20,26,29,32H,2,9-14,16-17H2,1H3. The SMILES string of the molecule is CCOC(=O)N1CCc2c([nH]c3ccc(Cl)cc23)C1c1ccc(OCC(O)CN2CCOCC2)cc1. The molecule has 1 aromatic heterocycles. The number of fused-ring (bicyclic) bond motifs is 3. The number of carbonyl (C=O) groups excluding carboxylic acids is 1. The van der Waals surface area contributed by atoms with Gasteiger partial charge in [-0.15, -0.1) is 0 Å². The number of hydrogen-bond acceptors (Lipinski definition) is 6. The highest BCUT2D eigenvalue weighted by Crippen LogP contribution is 2.39. The van der Waals surface area contributed by atoms with E-state index in [1.54, 1.807) is 4.90 Å². The number of aliphatic hydroxyl groups excluding tert-OH is 1. The zero-order valence-electron chi connectivity index (χ0n) is 20.4. The number of hydrogen-bond donors (Lipinski definition) is 2. The highest BCUT2D eigenvalue weighted by atomic mass is 35.5. The van der Waals surface area contributed by atoms with E-state index in [1.165, 1.54) is 5.56 Å². The molecule has 3 aromatic rings. The van der Waals surface area contributed by atoms with Crippen molar-refractivity contribution in [2.24, 2.45) is 0 Å². The summed E-state index contributed by atoms with van der Waals surface area (Å²) < 4.78 is 16.6. The van der Waals surface area contributed by atoms with E-state index in [4.69, 9.17) is 25.8 Å². The van der Waals surface area contributed by atoms with Gasteiger partial charge in [0.1, 0.15) is 24.5 Å². The number of β-amino-alcohol motifs (C(OH)–C–C–N with tert-alkyl or cyclic N) is 1. The van der Waals surface area contributed by atoms with Gasteiger partial charge >= 0.3 is 6.09 Å². The van der Waals surface area contributed by atoms with E-state index in [0.717, 1.165) is 35.2 Å². The molecule has 0 spiro atoms. The van der Waals surface area contributed by atoms with Gasteiger partial charge in [-0.2, -0.15) is 0 Å². The van der Waals surface area contributed by atoms with Crippen LogP contribution in [0.2, 0.25) is 5.02 Å². The summed E-state index contributed by atoms with van der Waals surface area (Å²) in [6.07, 6.45) is -0.203. The van der Waals surface area contributed by atoms with E-state index in [-0.39, 0.29) is 18.7 Å². The second-order valence-corrected chi connectivity index (χ2v) is 9.64. The first-order chi connectivity index (χ1) is 17.5. The Morgan fingerprint density at radius 3 is 2.72 bits per heavy atom. The molecule has 2 aromatic carbocycles. The van der Waals surface area contributed by atoms with E-state index in [1.807, 2.05) is 49.4 Å². The summed E-state index contributed by atoms with van der Waals surface area (Å²) in [5.41, 5.74) is 4.09. The van der Waals surface area contributed by atoms with Crippen LogP contribution < -0.4 is 4.74 Å². The Morgan fingerprint density at radius 2 is 1.97 bits per heavy atom. The third-order valence-corrected chi connectivity index (χ3v) is 7.04. The molecule has 0 aliphatic carbocycles. The quantitative estimate of drug-likeness (QED) is 0.496. The Kier molecular flexibility index (Phi) is 7.67. The number of aliphatic hydroxyl groups is 1. The van der Waals surface area contributed by atoms with Gasteiger partial charge < -0.3 is 24.3 Å². The first-order valence-corrected chi connectivity index (χ1v) is 12.9. The van der Waals surface area contributed by atoms with Gasteiger partial charge in [0.25, 0.3) is 0 Å². The second-order valence-electron chi connectivity index (χ2n) is 9.20. The third kappa shape index (κ3) is 5.32. The number of rotatable bonds is 7. The van der Waals surface area contributed by atoms with Crippen LogP contribution in [0.15, 0.2) is 42.5 Å². The number of H-pyrrole nitrogens is 1. The topological polar surface area (TPSA) is 87.3 Å². The molecule has 2 unspecified atom stereocenters. The molecule has 0 bridgehead atoms. The first kappa shape index (κ1) is 24.9. The predicted molar refractivity (Wildman–Crippen MR) is 138 cm³/mol. The van der Waals surface area contributed by atoms with E-state index in [9.17, 15) is 9.90 Å². The molecule has 2 N–H and O–H groups in total. The molecule has 8 nitrogen and oxygen atoms in total. The summed E-state index contributed by atoms with van der Waals surface area (Å²) in [5.74, 6) is 0.668. The number of halogens is 1. The van der Waals surface area contributed by atoms with Gasteiger partial charge in [0.15, 0.2) is 0 Å². The Balaban J connectivity index is 1.35. The van der Waals surface area contributed by atoms with Gasteiger partial charge in [-0.25, -0.2) is 4.79 Å². The van der Waals surface area contributed by atoms with E-state index in [0.29, 0.717) is 50.1 Å². The lowest BCUT2D eigenvalue weighted by atomic mass is 9.92. The molecular weight excluding hydrogens is 482 g/mol. The fourth-order valence-electron chi connectivity index (χ4n) is 5.08. The smallest absolute Gasteiger partial charge is 0.410 e. The first-order valence-electron chi connectivity index (χ1n) is 12.5. The fraction of sp³-hybridized carbons (Fsp3) is 0.444. The summed E-state index contributed by atoms with van der Waals surface area (Å²) >= 11 is 6.28. The van der Waals surface area contributed by atoms with Crippen LogP contribution in [0.1, 0.15) is 29.8 Å². The van der Waals surface area contributed by atoms with Crippen molar-refractivity contribution in [1.82, 2.24) is 14.8 Å². The van der Waals surface area contributed by atoms with Crippen molar-refractivity contribution in [2.75, 3.05) is 52.6 Å². The normalized spacial score (nSPS) is 19.2. The van der Waals surface area contributed by atoms with Gasteiger partial charge in [-0.1, -0.05) is 23.7 Å². The number of amides is 1. The van der Waals surface area contributed by atoms with E-state index >= 15 is 0 Å². The maximum absolute atomic E-state index is 12.9. The van der Waals surface area contributed by atoms with Crippen LogP contribution in [0.5, 0.6) is 5.75 Å². The molecule has 36 heavy (non-hydrogen) atoms. The lowest BCUT2D eigenvalue weighted by Crippen LogP contribution is -2.42. The lowest BCUT2D eigenvalue weighted by Gasteiger charge is -2.35. The van der Waals surface area contributed by atoms with Crippen molar-refractivity contribution in [1.29, 1.82) is 0 Å². The fourth-order valence-corrected chi connectivity index (χ4v) is 5.26. The average molecular weight is 514 g/mol. The lowest BCUT2D eigenvalue weighted by molar-refractivity contribution is 0.00465. The molecule has 5 rings (SSSR count). The summed E-state index contributed by atoms with van der Waals surface area (Å²) in [4.78, 5) is 20.3. The number of benzene rings is 2. The zero-order chi connectivity index (χ0) is 25.1. The van der Waals surface area contributed by atoms with Crippen LogP contribution in [0.25, 0.3) is 10.9 Å². The Labute approximate surface area is 215 Å². The molecule has 9 heteroatoms. The molecule has 192 valence electrons. The highest BCUT2D eigenvalue weighted by molar-refractivity contribution is 6.31. The molecular formula is C27H32ClN3O5. The highest BCUT2D eigenvalue weighted by Gasteiger charge is 2.35. The number of nitrogens with one attached hydrogen (secondary N) is 1. The molecule has 3 heterocycles. The minimum Gasteiger partial charge on any atom is -0.491 e. The van der Waals surface area contributed by atoms with Crippen LogP contribution >= 0.6 is 11.6 Å². The van der Waals surface area contributed by atoms with Crippen LogP contribution in [-0.4, -0.2) is 84.7 Å². The van der Waals surface area contributed by atoms with Crippen LogP contribution in [0, 0.1) is 0 Å². The van der Waals surface area contributed by atoms with Crippen molar-refractivity contribution < 1.29 is 24.1 Å². The molecule has 2 aliphatic rings. The van der Waals surface area contributed by atoms with Crippen LogP contribution in [0.4, 0.5) is 4.79 Å². The van der Waals surface area contributed by atoms with Crippen molar-refractivity contribution in [2.45, 2.75) is 25.5 Å². The largest absolute Gasteiger partial charge is 0.491 e. The molecule has 0 radical (unpaired) electrons. The maximum Gasteiger partial charge on any atom is 0.410 e. The predicted octanol–water partition coefficient (Wildman–Crippen LogP) is 4.00. The Hall–Kier alpha value is -2.78. The van der Waals surface area contributed by atoms with Crippen molar-refractivity contribution >= 4 is 28.6 Å². The van der Waals surface area contributed by atoms with Gasteiger partial charge in [0.2, 0.25) is 0 Å². The van der Waals surface area contributed by atoms with Gasteiger partial charge in [-0.05, 0) is 54.8 Å². The molecule has 0 saturated carbocycles. The minimum atomic E-state index is -0.582. The summed E-state index contributed by atoms with van der Waals surface area (Å²) in [6.45, 7) is 6.49. The van der Waals surface area contributed by atoms with Gasteiger partial charge in [0.05, 0.1) is 19.8 Å². The van der Waals surface area contributed by atoms with Crippen LogP contribution in [-0.2, 0) is 15.9 Å². The van der Waals surface area contributed by atoms with Gasteiger partial charge in [0, 0.05) is 47.8 Å². The molecule has 1 fully saturated rings. The van der Waals surface area contributed by atoms with Crippen molar-refractivity contribution in [3.63, 3.8) is 0 Å². The van der Waals surface area contributed by atoms with Crippen molar-refractivity contribution in [3.8, 4) is 5.75 Å². The number of nitrogens with zero attached hydrogens (tertiary/aromatic N) is 2. The summed E-state index contributed by atoms with van der Waals surface area (Å²) in [7, 11) is 0. The van der Waals surface area contributed by atoms with Crippen LogP contribution in [0.3, 0.4) is 0 Å². The number of morpholine rings is 1. The summed E-state index contributed by atoms with van der Waals surface area (Å²) in [6, 6.07) is 13.2. The van der Waals surface area contributed by atoms with E-state index in [2.05, 4.69) is 9.88 Å². The zero-order valence-corrected chi connectivity index (χ0v) is 21.2. The summed E-state index contributed by atoms with van der Waals surface area (Å²) in [5, 5.41) is 12.2. The number of ether oxygens (including phenoxy) is 3. The third-order valence-electron chi connectivity index (χ3n) is 6.80. The molecule has 2 aliphatic heterocycles. The average Bonchev–Trinajstić information content (AvgIpc) is 3.26. The second kappa shape index (κ2) is 11.1. The van der Waals surface area contributed by atoms with Crippen molar-refractivity contribution in [3.05, 3.63) is 64.3 Å². The number of aromatic nitrogens is 1. The maximum atomic E-state index is 12.9. The minimum absolute atomic E-state index is 0.210. The number of carbonyl (C=O) groups is 1. The monoisotopic (exact) mass is 513 g/mol. The molecule has 2 atom stereocenters. The number of aromatic amines is 1. The Bertz CT molecular complexity index is 1190. The Morgan fingerprint density at radius 1 is 1.19 bits per heavy atom. The van der Waals surface area contributed by atoms with Gasteiger partial charge in [-0.3, -0.25) is 9.80 Å². The van der Waals surface area contributed by atoms with E-state index < -0.39 is 6.10 Å². The molecule has 1 amide bonds.